The molecule has 1 aromatic heterocycles. The van der Waals surface area contributed by atoms with E-state index in [1.807, 2.05) is 0 Å². The maximum atomic E-state index is 12.7. The number of alkyl halides is 3. The predicted molar refractivity (Wildman–Crippen MR) is 104 cm³/mol. The van der Waals surface area contributed by atoms with E-state index in [0.29, 0.717) is 16.1 Å². The van der Waals surface area contributed by atoms with Crippen LogP contribution in [-0.4, -0.2) is 27.5 Å². The van der Waals surface area contributed by atoms with Gasteiger partial charge in [0.05, 0.1) is 13.0 Å². The highest BCUT2D eigenvalue weighted by molar-refractivity contribution is 6.31. The Hall–Kier alpha value is -3.31. The van der Waals surface area contributed by atoms with Crippen molar-refractivity contribution < 1.29 is 22.5 Å². The number of halogens is 4. The molecule has 0 aliphatic carbocycles. The van der Waals surface area contributed by atoms with E-state index in [2.05, 4.69) is 20.6 Å². The number of aromatic nitrogens is 2. The van der Waals surface area contributed by atoms with Crippen LogP contribution in [0.3, 0.4) is 0 Å². The van der Waals surface area contributed by atoms with Crippen LogP contribution < -0.4 is 0 Å². The lowest BCUT2D eigenvalue weighted by Gasteiger charge is -2.21. The molecule has 0 bridgehead atoms. The van der Waals surface area contributed by atoms with Gasteiger partial charge >= 0.3 is 12.1 Å². The van der Waals surface area contributed by atoms with Crippen LogP contribution in [0.15, 0.2) is 53.1 Å². The Morgan fingerprint density at radius 2 is 1.87 bits per heavy atom. The molecular weight excluding hydrogens is 419 g/mol. The first-order chi connectivity index (χ1) is 14.3. The summed E-state index contributed by atoms with van der Waals surface area (Å²) in [5.74, 6) is 0.673. The van der Waals surface area contributed by atoms with E-state index in [0.717, 1.165) is 5.56 Å². The number of hydrogen-bond acceptors (Lipinski definition) is 4. The largest absolute Gasteiger partial charge is 0.471 e. The first-order valence-corrected chi connectivity index (χ1v) is 9.10. The van der Waals surface area contributed by atoms with Gasteiger partial charge < -0.3 is 9.42 Å². The smallest absolute Gasteiger partial charge is 0.329 e. The molecule has 0 saturated heterocycles. The lowest BCUT2D eigenvalue weighted by atomic mass is 10.1. The number of carbonyl (C=O) groups excluding carboxylic acids is 1. The van der Waals surface area contributed by atoms with E-state index < -0.39 is 12.1 Å². The molecule has 5 nitrogen and oxygen atoms in total. The Morgan fingerprint density at radius 3 is 2.47 bits per heavy atom. The van der Waals surface area contributed by atoms with Crippen LogP contribution in [0.4, 0.5) is 13.2 Å². The third-order valence-corrected chi connectivity index (χ3v) is 4.56. The van der Waals surface area contributed by atoms with Gasteiger partial charge in [-0.1, -0.05) is 65.1 Å². The van der Waals surface area contributed by atoms with Crippen molar-refractivity contribution in [1.29, 1.82) is 0 Å². The van der Waals surface area contributed by atoms with Gasteiger partial charge in [-0.2, -0.15) is 18.2 Å². The average Bonchev–Trinajstić information content (AvgIpc) is 3.21. The van der Waals surface area contributed by atoms with Crippen LogP contribution in [0, 0.1) is 12.3 Å². The molecule has 0 saturated carbocycles. The molecule has 2 aromatic carbocycles. The molecule has 154 valence electrons. The highest BCUT2D eigenvalue weighted by atomic mass is 35.5. The Labute approximate surface area is 175 Å². The highest BCUT2D eigenvalue weighted by Crippen LogP contribution is 2.29. The molecule has 0 aliphatic rings. The van der Waals surface area contributed by atoms with Crippen LogP contribution in [0.25, 0.3) is 11.4 Å². The number of nitrogens with zero attached hydrogens (tertiary/aromatic N) is 3. The van der Waals surface area contributed by atoms with Gasteiger partial charge in [-0.05, 0) is 17.2 Å². The molecule has 0 aliphatic heterocycles. The molecule has 9 heteroatoms. The summed E-state index contributed by atoms with van der Waals surface area (Å²) < 4.78 is 42.0. The Balaban J connectivity index is 1.71. The Kier molecular flexibility index (Phi) is 6.43. The minimum absolute atomic E-state index is 0.0997. The fourth-order valence-electron chi connectivity index (χ4n) is 2.69. The minimum atomic E-state index is -4.71. The molecule has 0 atom stereocenters. The van der Waals surface area contributed by atoms with Crippen molar-refractivity contribution in [3.8, 4) is 23.7 Å². The number of carbonyl (C=O) groups is 1. The molecule has 3 rings (SSSR count). The Bertz CT molecular complexity index is 1070. The van der Waals surface area contributed by atoms with Gasteiger partial charge in [0.15, 0.2) is 0 Å². The van der Waals surface area contributed by atoms with Gasteiger partial charge in [0.25, 0.3) is 0 Å². The van der Waals surface area contributed by atoms with Crippen LogP contribution in [0.1, 0.15) is 17.0 Å². The highest BCUT2D eigenvalue weighted by Gasteiger charge is 2.38. The summed E-state index contributed by atoms with van der Waals surface area (Å²) in [6.45, 7) is 0.332. The molecule has 0 unspecified atom stereocenters. The van der Waals surface area contributed by atoms with E-state index >= 15 is 0 Å². The van der Waals surface area contributed by atoms with Gasteiger partial charge in [0, 0.05) is 17.1 Å². The molecule has 3 aromatic rings. The summed E-state index contributed by atoms with van der Waals surface area (Å²) in [6.07, 6.45) is 0.787. The van der Waals surface area contributed by atoms with Crippen molar-refractivity contribution >= 4 is 17.5 Å². The third kappa shape index (κ3) is 5.19. The van der Waals surface area contributed by atoms with Crippen molar-refractivity contribution in [2.45, 2.75) is 19.1 Å². The van der Waals surface area contributed by atoms with E-state index in [4.69, 9.17) is 18.0 Å². The normalized spacial score (nSPS) is 11.2. The number of rotatable bonds is 6. The van der Waals surface area contributed by atoms with Gasteiger partial charge in [-0.25, -0.2) is 0 Å². The molecule has 30 heavy (non-hydrogen) atoms. The van der Waals surface area contributed by atoms with Crippen LogP contribution in [0.5, 0.6) is 0 Å². The lowest BCUT2D eigenvalue weighted by molar-refractivity contribution is -0.159. The number of hydrogen-bond donors (Lipinski definition) is 0. The molecule has 0 radical (unpaired) electrons. The Morgan fingerprint density at radius 1 is 1.17 bits per heavy atom. The quantitative estimate of drug-likeness (QED) is 0.532. The average molecular weight is 434 g/mol. The summed E-state index contributed by atoms with van der Waals surface area (Å²) in [5.41, 5.74) is 1.78. The van der Waals surface area contributed by atoms with Crippen molar-refractivity contribution in [1.82, 2.24) is 15.0 Å². The molecule has 0 N–H and O–H groups in total. The van der Waals surface area contributed by atoms with Crippen molar-refractivity contribution in [2.24, 2.45) is 0 Å². The van der Waals surface area contributed by atoms with Gasteiger partial charge in [-0.3, -0.25) is 4.79 Å². The summed E-state index contributed by atoms with van der Waals surface area (Å²) in [4.78, 5) is 17.5. The van der Waals surface area contributed by atoms with E-state index in [-0.39, 0.29) is 31.2 Å². The van der Waals surface area contributed by atoms with Gasteiger partial charge in [0.1, 0.15) is 0 Å². The fraction of sp³-hybridized carbons (Fsp3) is 0.190. The summed E-state index contributed by atoms with van der Waals surface area (Å²) in [7, 11) is 0. The minimum Gasteiger partial charge on any atom is -0.329 e. The van der Waals surface area contributed by atoms with Crippen molar-refractivity contribution in [3.05, 3.63) is 70.6 Å². The zero-order chi connectivity index (χ0) is 21.7. The predicted octanol–water partition coefficient (Wildman–Crippen LogP) is 4.61. The number of amides is 1. The summed E-state index contributed by atoms with van der Waals surface area (Å²) in [5, 5.41) is 3.84. The van der Waals surface area contributed by atoms with Crippen LogP contribution in [-0.2, 0) is 23.9 Å². The van der Waals surface area contributed by atoms with E-state index in [9.17, 15) is 18.0 Å². The van der Waals surface area contributed by atoms with E-state index in [1.165, 1.54) is 4.90 Å². The van der Waals surface area contributed by atoms with Crippen molar-refractivity contribution in [3.63, 3.8) is 0 Å². The molecule has 0 spiro atoms. The van der Waals surface area contributed by atoms with Crippen LogP contribution in [0.2, 0.25) is 5.02 Å². The maximum Gasteiger partial charge on any atom is 0.471 e. The zero-order valence-corrected chi connectivity index (χ0v) is 16.2. The maximum absolute atomic E-state index is 12.7. The van der Waals surface area contributed by atoms with Gasteiger partial charge in [0.2, 0.25) is 11.7 Å². The van der Waals surface area contributed by atoms with Gasteiger partial charge in [-0.15, -0.1) is 6.42 Å². The molecule has 1 heterocycles. The summed E-state index contributed by atoms with van der Waals surface area (Å²) in [6, 6.07) is 13.5. The first-order valence-electron chi connectivity index (χ1n) is 8.73. The molecule has 0 fully saturated rings. The monoisotopic (exact) mass is 433 g/mol. The number of terminal acetylenes is 1. The molecule has 1 amide bonds. The van der Waals surface area contributed by atoms with Crippen LogP contribution >= 0.6 is 11.6 Å². The topological polar surface area (TPSA) is 59.2 Å². The lowest BCUT2D eigenvalue weighted by Crippen LogP contribution is -2.32. The first kappa shape index (κ1) is 21.4. The third-order valence-electron chi connectivity index (χ3n) is 4.19. The molecular formula is C21H15ClF3N3O2. The fourth-order valence-corrected chi connectivity index (χ4v) is 2.90. The second kappa shape index (κ2) is 9.01. The second-order valence-electron chi connectivity index (χ2n) is 6.34. The van der Waals surface area contributed by atoms with Crippen molar-refractivity contribution in [2.75, 3.05) is 6.54 Å². The zero-order valence-electron chi connectivity index (χ0n) is 15.5. The van der Waals surface area contributed by atoms with E-state index in [1.54, 1.807) is 48.5 Å². The summed E-state index contributed by atoms with van der Waals surface area (Å²) >= 11 is 6.11. The SMILES string of the molecule is C#CCN(Cc1ccc(-c2noc(C(F)(F)F)n2)cc1)C(=O)Cc1ccccc1Cl. The standard InChI is InChI=1S/C21H15ClF3N3O2/c1-2-11-28(18(29)12-16-5-3-4-6-17(16)22)13-14-7-9-15(10-8-14)19-26-20(30-27-19)21(23,24)25/h1,3-10H,11-13H2. The number of benzene rings is 2. The second-order valence-corrected chi connectivity index (χ2v) is 6.75.